The zero-order chi connectivity index (χ0) is 14.7. The van der Waals surface area contributed by atoms with E-state index in [-0.39, 0.29) is 5.91 Å². The number of nitrogens with zero attached hydrogens (tertiary/aromatic N) is 2. The van der Waals surface area contributed by atoms with Crippen molar-refractivity contribution in [1.29, 1.82) is 0 Å². The Labute approximate surface area is 140 Å². The number of hydrogen-bond donors (Lipinski definition) is 0. The summed E-state index contributed by atoms with van der Waals surface area (Å²) in [6.07, 6.45) is 4.35. The standard InChI is InChI=1S/C15H15BrN2OS2/c16-12-8-11(9-17-10-12)15(19)18-4-3-14(21-7-5-18)13-2-1-6-20-13/h1-2,6,8-10,14H,3-5,7H2. The molecule has 0 aliphatic carbocycles. The van der Waals surface area contributed by atoms with Gasteiger partial charge in [-0.1, -0.05) is 6.07 Å². The summed E-state index contributed by atoms with van der Waals surface area (Å²) >= 11 is 7.13. The fraction of sp³-hybridized carbons (Fsp3) is 0.333. The highest BCUT2D eigenvalue weighted by Gasteiger charge is 2.23. The lowest BCUT2D eigenvalue weighted by Gasteiger charge is -2.20. The molecule has 1 saturated heterocycles. The van der Waals surface area contributed by atoms with Crippen molar-refractivity contribution in [2.75, 3.05) is 18.8 Å². The largest absolute Gasteiger partial charge is 0.338 e. The van der Waals surface area contributed by atoms with Crippen LogP contribution in [0.3, 0.4) is 0 Å². The summed E-state index contributed by atoms with van der Waals surface area (Å²) < 4.78 is 0.842. The Morgan fingerprint density at radius 1 is 1.38 bits per heavy atom. The number of aromatic nitrogens is 1. The van der Waals surface area contributed by atoms with Crippen molar-refractivity contribution >= 4 is 44.9 Å². The van der Waals surface area contributed by atoms with Crippen LogP contribution in [0.5, 0.6) is 0 Å². The van der Waals surface area contributed by atoms with Crippen LogP contribution in [0.25, 0.3) is 0 Å². The van der Waals surface area contributed by atoms with Crippen molar-refractivity contribution in [2.45, 2.75) is 11.7 Å². The summed E-state index contributed by atoms with van der Waals surface area (Å²) in [6, 6.07) is 6.13. The molecule has 1 unspecified atom stereocenters. The summed E-state index contributed by atoms with van der Waals surface area (Å²) in [6.45, 7) is 1.61. The van der Waals surface area contributed by atoms with Crippen LogP contribution >= 0.6 is 39.0 Å². The van der Waals surface area contributed by atoms with Crippen molar-refractivity contribution in [2.24, 2.45) is 0 Å². The first-order valence-electron chi connectivity index (χ1n) is 6.79. The van der Waals surface area contributed by atoms with Gasteiger partial charge < -0.3 is 4.90 Å². The van der Waals surface area contributed by atoms with Gasteiger partial charge in [0, 0.05) is 45.8 Å². The molecule has 2 aromatic heterocycles. The maximum atomic E-state index is 12.6. The maximum Gasteiger partial charge on any atom is 0.255 e. The van der Waals surface area contributed by atoms with E-state index >= 15 is 0 Å². The van der Waals surface area contributed by atoms with E-state index in [1.165, 1.54) is 4.88 Å². The van der Waals surface area contributed by atoms with Crippen molar-refractivity contribution in [3.05, 3.63) is 50.9 Å². The van der Waals surface area contributed by atoms with Gasteiger partial charge in [-0.25, -0.2) is 0 Å². The van der Waals surface area contributed by atoms with Gasteiger partial charge in [0.25, 0.3) is 5.91 Å². The second kappa shape index (κ2) is 6.94. The van der Waals surface area contributed by atoms with Gasteiger partial charge in [-0.05, 0) is 39.9 Å². The van der Waals surface area contributed by atoms with Crippen LogP contribution in [0.4, 0.5) is 0 Å². The van der Waals surface area contributed by atoms with E-state index in [1.807, 2.05) is 22.7 Å². The van der Waals surface area contributed by atoms with E-state index in [4.69, 9.17) is 0 Å². The lowest BCUT2D eigenvalue weighted by Crippen LogP contribution is -2.33. The van der Waals surface area contributed by atoms with Crippen molar-refractivity contribution < 1.29 is 4.79 Å². The molecule has 21 heavy (non-hydrogen) atoms. The zero-order valence-corrected chi connectivity index (χ0v) is 14.6. The van der Waals surface area contributed by atoms with E-state index in [0.29, 0.717) is 10.8 Å². The van der Waals surface area contributed by atoms with Gasteiger partial charge in [0.05, 0.1) is 5.56 Å². The van der Waals surface area contributed by atoms with E-state index in [9.17, 15) is 4.79 Å². The summed E-state index contributed by atoms with van der Waals surface area (Å²) in [4.78, 5) is 20.0. The van der Waals surface area contributed by atoms with Crippen molar-refractivity contribution in [3.63, 3.8) is 0 Å². The minimum atomic E-state index is 0.0798. The van der Waals surface area contributed by atoms with Crippen LogP contribution in [0, 0.1) is 0 Å². The quantitative estimate of drug-likeness (QED) is 0.778. The topological polar surface area (TPSA) is 33.2 Å². The molecule has 110 valence electrons. The van der Waals surface area contributed by atoms with Crippen LogP contribution in [0.2, 0.25) is 0 Å². The number of hydrogen-bond acceptors (Lipinski definition) is 4. The maximum absolute atomic E-state index is 12.6. The molecule has 3 rings (SSSR count). The number of thioether (sulfide) groups is 1. The SMILES string of the molecule is O=C(c1cncc(Br)c1)N1CCSC(c2cccs2)CC1. The van der Waals surface area contributed by atoms with Crippen LogP contribution in [-0.4, -0.2) is 34.6 Å². The Hall–Kier alpha value is -0.850. The molecule has 0 bridgehead atoms. The molecular weight excluding hydrogens is 368 g/mol. The molecule has 1 atom stereocenters. The van der Waals surface area contributed by atoms with Crippen LogP contribution < -0.4 is 0 Å². The van der Waals surface area contributed by atoms with Gasteiger partial charge in [-0.15, -0.1) is 11.3 Å². The molecule has 6 heteroatoms. The number of carbonyl (C=O) groups is 1. The third kappa shape index (κ3) is 3.67. The molecule has 0 saturated carbocycles. The lowest BCUT2D eigenvalue weighted by molar-refractivity contribution is 0.0766. The smallest absolute Gasteiger partial charge is 0.255 e. The second-order valence-electron chi connectivity index (χ2n) is 4.85. The summed E-state index contributed by atoms with van der Waals surface area (Å²) in [5.41, 5.74) is 0.656. The number of pyridine rings is 1. The number of amides is 1. The van der Waals surface area contributed by atoms with Crippen LogP contribution in [0.15, 0.2) is 40.4 Å². The molecule has 0 radical (unpaired) electrons. The van der Waals surface area contributed by atoms with E-state index in [0.717, 1.165) is 29.7 Å². The number of halogens is 1. The average Bonchev–Trinajstić information content (AvgIpc) is 2.91. The first-order valence-corrected chi connectivity index (χ1v) is 9.51. The predicted molar refractivity (Wildman–Crippen MR) is 92.0 cm³/mol. The fourth-order valence-corrected chi connectivity index (χ4v) is 4.99. The molecule has 0 spiro atoms. The molecule has 1 aliphatic heterocycles. The monoisotopic (exact) mass is 382 g/mol. The Morgan fingerprint density at radius 3 is 3.05 bits per heavy atom. The van der Waals surface area contributed by atoms with Gasteiger partial charge in [0.15, 0.2) is 0 Å². The lowest BCUT2D eigenvalue weighted by atomic mass is 10.2. The molecule has 0 aromatic carbocycles. The second-order valence-corrected chi connectivity index (χ2v) is 8.05. The van der Waals surface area contributed by atoms with Crippen molar-refractivity contribution in [1.82, 2.24) is 9.88 Å². The molecule has 1 aliphatic rings. The average molecular weight is 383 g/mol. The van der Waals surface area contributed by atoms with Gasteiger partial charge in [0.2, 0.25) is 0 Å². The highest BCUT2D eigenvalue weighted by Crippen LogP contribution is 2.36. The minimum absolute atomic E-state index is 0.0798. The normalized spacial score (nSPS) is 19.3. The van der Waals surface area contributed by atoms with Crippen LogP contribution in [0.1, 0.15) is 26.9 Å². The molecule has 2 aromatic rings. The number of thiophene rings is 1. The molecule has 0 N–H and O–H groups in total. The Balaban J connectivity index is 1.69. The van der Waals surface area contributed by atoms with Gasteiger partial charge in [0.1, 0.15) is 0 Å². The van der Waals surface area contributed by atoms with Gasteiger partial charge in [-0.2, -0.15) is 11.8 Å². The first-order chi connectivity index (χ1) is 10.2. The fourth-order valence-electron chi connectivity index (χ4n) is 2.39. The molecule has 3 heterocycles. The highest BCUT2D eigenvalue weighted by molar-refractivity contribution is 9.10. The number of rotatable bonds is 2. The summed E-state index contributed by atoms with van der Waals surface area (Å²) in [5.74, 6) is 1.06. The Bertz CT molecular complexity index is 618. The first kappa shape index (κ1) is 15.1. The summed E-state index contributed by atoms with van der Waals surface area (Å²) in [7, 11) is 0. The third-order valence-electron chi connectivity index (χ3n) is 3.44. The third-order valence-corrected chi connectivity index (χ3v) is 6.32. The van der Waals surface area contributed by atoms with Gasteiger partial charge in [-0.3, -0.25) is 9.78 Å². The predicted octanol–water partition coefficient (Wildman–Crippen LogP) is 4.23. The number of carbonyl (C=O) groups excluding carboxylic acids is 1. The van der Waals surface area contributed by atoms with E-state index in [1.54, 1.807) is 23.7 Å². The molecular formula is C15H15BrN2OS2. The Morgan fingerprint density at radius 2 is 2.29 bits per heavy atom. The van der Waals surface area contributed by atoms with Crippen molar-refractivity contribution in [3.8, 4) is 0 Å². The molecule has 3 nitrogen and oxygen atoms in total. The zero-order valence-electron chi connectivity index (χ0n) is 11.4. The van der Waals surface area contributed by atoms with Crippen LogP contribution in [-0.2, 0) is 0 Å². The van der Waals surface area contributed by atoms with Gasteiger partial charge >= 0.3 is 0 Å². The van der Waals surface area contributed by atoms with E-state index < -0.39 is 0 Å². The highest BCUT2D eigenvalue weighted by atomic mass is 79.9. The Kier molecular flexibility index (Phi) is 4.98. The molecule has 1 amide bonds. The summed E-state index contributed by atoms with van der Waals surface area (Å²) in [5, 5.41) is 2.64. The molecule has 1 fully saturated rings. The minimum Gasteiger partial charge on any atom is -0.338 e. The van der Waals surface area contributed by atoms with E-state index in [2.05, 4.69) is 38.4 Å².